The highest BCUT2D eigenvalue weighted by atomic mass is 16.5. The Morgan fingerprint density at radius 2 is 2.00 bits per heavy atom. The molecular formula is C22H22NO4+. The number of fused-ring (bicyclic) bond motifs is 3. The lowest BCUT2D eigenvalue weighted by Crippen LogP contribution is -3.13. The van der Waals surface area contributed by atoms with Crippen molar-refractivity contribution in [2.45, 2.75) is 25.5 Å². The highest BCUT2D eigenvalue weighted by molar-refractivity contribution is 5.95. The molecule has 2 aliphatic rings. The second-order valence-electron chi connectivity index (χ2n) is 7.32. The quantitative estimate of drug-likeness (QED) is 0.725. The van der Waals surface area contributed by atoms with Crippen LogP contribution in [0.4, 0.5) is 0 Å². The maximum absolute atomic E-state index is 12.3. The van der Waals surface area contributed by atoms with E-state index in [2.05, 4.69) is 0 Å². The van der Waals surface area contributed by atoms with Crippen LogP contribution in [0.2, 0.25) is 0 Å². The smallest absolute Gasteiger partial charge is 0.336 e. The number of hydrogen-bond acceptors (Lipinski definition) is 4. The standard InChI is InChI=1S/C22H21NO4/c24-21-11-18(15-5-2-1-3-6-15)17-8-9-20-19(22(17)27-21)13-23(14-26-20)12-16-7-4-10-25-16/h1-3,5-6,8-9,11,16H,4,7,10,12-14H2/p+1/t16-/m0/s1. The lowest BCUT2D eigenvalue weighted by atomic mass is 9.99. The van der Waals surface area contributed by atoms with E-state index in [0.717, 1.165) is 60.4 Å². The summed E-state index contributed by atoms with van der Waals surface area (Å²) in [6, 6.07) is 15.5. The number of ether oxygens (including phenoxy) is 2. The average Bonchev–Trinajstić information content (AvgIpc) is 3.21. The van der Waals surface area contributed by atoms with Gasteiger partial charge in [0.2, 0.25) is 6.73 Å². The van der Waals surface area contributed by atoms with Gasteiger partial charge in [-0.15, -0.1) is 0 Å². The first-order chi connectivity index (χ1) is 13.3. The summed E-state index contributed by atoms with van der Waals surface area (Å²) in [4.78, 5) is 13.6. The minimum absolute atomic E-state index is 0.298. The molecule has 27 heavy (non-hydrogen) atoms. The molecule has 0 spiro atoms. The molecule has 5 nitrogen and oxygen atoms in total. The minimum atomic E-state index is -0.332. The van der Waals surface area contributed by atoms with Crippen LogP contribution in [0, 0.1) is 0 Å². The summed E-state index contributed by atoms with van der Waals surface area (Å²) >= 11 is 0. The SMILES string of the molecule is O=c1cc(-c2ccccc2)c2ccc3c(c2o1)C[NH+](C[C@@H]1CCCO1)CO3. The van der Waals surface area contributed by atoms with E-state index in [1.807, 2.05) is 42.5 Å². The lowest BCUT2D eigenvalue weighted by Gasteiger charge is -2.28. The maximum Gasteiger partial charge on any atom is 0.336 e. The zero-order valence-electron chi connectivity index (χ0n) is 15.1. The van der Waals surface area contributed by atoms with Crippen LogP contribution in [0.3, 0.4) is 0 Å². The normalized spacial score (nSPS) is 21.8. The van der Waals surface area contributed by atoms with Crippen LogP contribution >= 0.6 is 0 Å². The maximum atomic E-state index is 12.3. The first-order valence-electron chi connectivity index (χ1n) is 9.51. The molecule has 138 valence electrons. The predicted octanol–water partition coefficient (Wildman–Crippen LogP) is 2.37. The molecule has 3 aromatic rings. The zero-order valence-corrected chi connectivity index (χ0v) is 15.1. The van der Waals surface area contributed by atoms with Crippen molar-refractivity contribution < 1.29 is 18.8 Å². The van der Waals surface area contributed by atoms with Crippen molar-refractivity contribution >= 4 is 11.0 Å². The van der Waals surface area contributed by atoms with Crippen LogP contribution < -0.4 is 15.3 Å². The summed E-state index contributed by atoms with van der Waals surface area (Å²) in [5, 5.41) is 0.946. The van der Waals surface area contributed by atoms with Gasteiger partial charge in [-0.25, -0.2) is 4.79 Å². The van der Waals surface area contributed by atoms with Crippen LogP contribution in [0.1, 0.15) is 18.4 Å². The number of rotatable bonds is 3. The fourth-order valence-electron chi connectivity index (χ4n) is 4.16. The highest BCUT2D eigenvalue weighted by Crippen LogP contribution is 2.33. The van der Waals surface area contributed by atoms with E-state index in [1.54, 1.807) is 6.07 Å². The van der Waals surface area contributed by atoms with Crippen LogP contribution in [0.15, 0.2) is 57.7 Å². The summed E-state index contributed by atoms with van der Waals surface area (Å²) in [7, 11) is 0. The Bertz CT molecular complexity index is 1020. The van der Waals surface area contributed by atoms with E-state index in [1.165, 1.54) is 4.90 Å². The van der Waals surface area contributed by atoms with E-state index < -0.39 is 0 Å². The van der Waals surface area contributed by atoms with Crippen molar-refractivity contribution in [1.29, 1.82) is 0 Å². The molecule has 2 aliphatic heterocycles. The molecule has 0 radical (unpaired) electrons. The average molecular weight is 364 g/mol. The molecular weight excluding hydrogens is 342 g/mol. The second-order valence-corrected chi connectivity index (χ2v) is 7.32. The summed E-state index contributed by atoms with van der Waals surface area (Å²) in [5.74, 6) is 0.812. The first-order valence-corrected chi connectivity index (χ1v) is 9.51. The zero-order chi connectivity index (χ0) is 18.2. The third kappa shape index (κ3) is 3.13. The number of quaternary nitrogens is 1. The van der Waals surface area contributed by atoms with Crippen molar-refractivity contribution in [3.05, 3.63) is 64.5 Å². The van der Waals surface area contributed by atoms with Gasteiger partial charge in [0.25, 0.3) is 0 Å². The topological polar surface area (TPSA) is 53.1 Å². The summed E-state index contributed by atoms with van der Waals surface area (Å²) in [6.45, 7) is 3.15. The van der Waals surface area contributed by atoms with E-state index in [-0.39, 0.29) is 5.63 Å². The molecule has 0 bridgehead atoms. The number of nitrogens with one attached hydrogen (secondary N) is 1. The van der Waals surface area contributed by atoms with Gasteiger partial charge in [0.05, 0.1) is 5.56 Å². The molecule has 3 heterocycles. The van der Waals surface area contributed by atoms with Crippen molar-refractivity contribution in [3.63, 3.8) is 0 Å². The van der Waals surface area contributed by atoms with Gasteiger partial charge in [-0.1, -0.05) is 30.3 Å². The molecule has 5 heteroatoms. The minimum Gasteiger partial charge on any atom is -0.445 e. The third-order valence-electron chi connectivity index (χ3n) is 5.46. The summed E-state index contributed by atoms with van der Waals surface area (Å²) in [6.07, 6.45) is 2.54. The van der Waals surface area contributed by atoms with Gasteiger partial charge in [0, 0.05) is 18.1 Å². The molecule has 2 aromatic carbocycles. The van der Waals surface area contributed by atoms with E-state index >= 15 is 0 Å². The first kappa shape index (κ1) is 16.5. The molecule has 0 amide bonds. The van der Waals surface area contributed by atoms with Crippen LogP contribution in [0.25, 0.3) is 22.1 Å². The fourth-order valence-corrected chi connectivity index (χ4v) is 4.16. The Kier molecular flexibility index (Phi) is 4.19. The molecule has 1 fully saturated rings. The van der Waals surface area contributed by atoms with Crippen molar-refractivity contribution in [1.82, 2.24) is 0 Å². The fraction of sp³-hybridized carbons (Fsp3) is 0.318. The van der Waals surface area contributed by atoms with Crippen molar-refractivity contribution in [3.8, 4) is 16.9 Å². The Morgan fingerprint density at radius 1 is 1.11 bits per heavy atom. The van der Waals surface area contributed by atoms with Crippen LogP contribution in [-0.4, -0.2) is 26.0 Å². The number of benzene rings is 2. The van der Waals surface area contributed by atoms with Crippen molar-refractivity contribution in [2.75, 3.05) is 19.9 Å². The Morgan fingerprint density at radius 3 is 2.81 bits per heavy atom. The number of hydrogen-bond donors (Lipinski definition) is 1. The van der Waals surface area contributed by atoms with Gasteiger partial charge in [-0.2, -0.15) is 0 Å². The Labute approximate surface area is 157 Å². The largest absolute Gasteiger partial charge is 0.445 e. The van der Waals surface area contributed by atoms with E-state index in [9.17, 15) is 4.79 Å². The van der Waals surface area contributed by atoms with Crippen molar-refractivity contribution in [2.24, 2.45) is 0 Å². The van der Waals surface area contributed by atoms with Gasteiger partial charge >= 0.3 is 5.63 Å². The van der Waals surface area contributed by atoms with E-state index in [0.29, 0.717) is 18.4 Å². The van der Waals surface area contributed by atoms with Gasteiger partial charge < -0.3 is 13.9 Å². The molecule has 1 N–H and O–H groups in total. The summed E-state index contributed by atoms with van der Waals surface area (Å²) < 4.78 is 17.4. The molecule has 2 atom stereocenters. The van der Waals surface area contributed by atoms with Gasteiger partial charge in [-0.05, 0) is 36.1 Å². The van der Waals surface area contributed by atoms with Gasteiger partial charge in [-0.3, -0.25) is 4.90 Å². The lowest BCUT2D eigenvalue weighted by molar-refractivity contribution is -0.935. The molecule has 0 saturated carbocycles. The third-order valence-corrected chi connectivity index (χ3v) is 5.46. The highest BCUT2D eigenvalue weighted by Gasteiger charge is 2.28. The Balaban J connectivity index is 1.57. The van der Waals surface area contributed by atoms with E-state index in [4.69, 9.17) is 13.9 Å². The Hall–Kier alpha value is -2.63. The molecule has 0 aliphatic carbocycles. The van der Waals surface area contributed by atoms with Crippen LogP contribution in [0.5, 0.6) is 5.75 Å². The van der Waals surface area contributed by atoms with Gasteiger partial charge in [0.1, 0.15) is 24.9 Å². The molecule has 5 rings (SSSR count). The molecule has 1 aromatic heterocycles. The monoisotopic (exact) mass is 364 g/mol. The second kappa shape index (κ2) is 6.83. The summed E-state index contributed by atoms with van der Waals surface area (Å²) in [5.41, 5.74) is 3.19. The molecule has 1 saturated heterocycles. The van der Waals surface area contributed by atoms with Gasteiger partial charge in [0.15, 0.2) is 5.58 Å². The van der Waals surface area contributed by atoms with Crippen LogP contribution in [-0.2, 0) is 11.3 Å². The molecule has 1 unspecified atom stereocenters. The predicted molar refractivity (Wildman–Crippen MR) is 102 cm³/mol.